The zero-order valence-corrected chi connectivity index (χ0v) is 17.3. The Kier molecular flexibility index (Phi) is 7.53. The number of rotatable bonds is 9. The minimum atomic E-state index is -0.828. The average Bonchev–Trinajstić information content (AvgIpc) is 3.18. The van der Waals surface area contributed by atoms with Crippen molar-refractivity contribution in [3.05, 3.63) is 76.8 Å². The maximum atomic E-state index is 12.1. The number of carbonyl (C=O) groups excluding carboxylic acids is 2. The SMILES string of the molecule is Cc1cccc(OCC(O)CNC(=O)Cc2csc(NC(=O)c3ccccc3)n2)c1. The number of aryl methyl sites for hydroxylation is 1. The van der Waals surface area contributed by atoms with Crippen LogP contribution >= 0.6 is 11.3 Å². The van der Waals surface area contributed by atoms with Crippen LogP contribution in [0.15, 0.2) is 60.0 Å². The lowest BCUT2D eigenvalue weighted by Gasteiger charge is -2.13. The fourth-order valence-corrected chi connectivity index (χ4v) is 3.32. The van der Waals surface area contributed by atoms with E-state index in [1.54, 1.807) is 29.6 Å². The zero-order chi connectivity index (χ0) is 21.3. The number of hydrogen-bond acceptors (Lipinski definition) is 6. The fourth-order valence-electron chi connectivity index (χ4n) is 2.62. The third-order valence-electron chi connectivity index (χ3n) is 4.12. The van der Waals surface area contributed by atoms with E-state index in [1.807, 2.05) is 37.3 Å². The molecule has 0 saturated carbocycles. The Hall–Kier alpha value is -3.23. The van der Waals surface area contributed by atoms with Gasteiger partial charge in [-0.3, -0.25) is 14.9 Å². The molecule has 0 fully saturated rings. The first-order chi connectivity index (χ1) is 14.5. The van der Waals surface area contributed by atoms with E-state index in [0.717, 1.165) is 5.56 Å². The van der Waals surface area contributed by atoms with E-state index in [4.69, 9.17) is 4.74 Å². The largest absolute Gasteiger partial charge is 0.491 e. The van der Waals surface area contributed by atoms with Crippen molar-refractivity contribution in [1.82, 2.24) is 10.3 Å². The lowest BCUT2D eigenvalue weighted by atomic mass is 10.2. The van der Waals surface area contributed by atoms with Crippen molar-refractivity contribution in [3.8, 4) is 5.75 Å². The summed E-state index contributed by atoms with van der Waals surface area (Å²) in [5.74, 6) is 0.154. The number of nitrogens with zero attached hydrogens (tertiary/aromatic N) is 1. The fraction of sp³-hybridized carbons (Fsp3) is 0.227. The van der Waals surface area contributed by atoms with Crippen LogP contribution in [0.2, 0.25) is 0 Å². The van der Waals surface area contributed by atoms with Gasteiger partial charge in [-0.1, -0.05) is 30.3 Å². The zero-order valence-electron chi connectivity index (χ0n) is 16.5. The van der Waals surface area contributed by atoms with Gasteiger partial charge in [-0.05, 0) is 36.8 Å². The highest BCUT2D eigenvalue weighted by molar-refractivity contribution is 7.14. The van der Waals surface area contributed by atoms with E-state index >= 15 is 0 Å². The van der Waals surface area contributed by atoms with Gasteiger partial charge >= 0.3 is 0 Å². The van der Waals surface area contributed by atoms with Gasteiger partial charge < -0.3 is 15.2 Å². The van der Waals surface area contributed by atoms with E-state index in [9.17, 15) is 14.7 Å². The van der Waals surface area contributed by atoms with Gasteiger partial charge in [0.25, 0.3) is 5.91 Å². The number of hydrogen-bond donors (Lipinski definition) is 3. The van der Waals surface area contributed by atoms with Crippen molar-refractivity contribution >= 4 is 28.3 Å². The minimum absolute atomic E-state index is 0.0587. The van der Waals surface area contributed by atoms with Crippen molar-refractivity contribution < 1.29 is 19.4 Å². The molecule has 7 nitrogen and oxygen atoms in total. The molecule has 0 aliphatic heterocycles. The molecule has 0 aliphatic carbocycles. The second-order valence-electron chi connectivity index (χ2n) is 6.73. The molecule has 2 aromatic carbocycles. The molecule has 1 aromatic heterocycles. The summed E-state index contributed by atoms with van der Waals surface area (Å²) < 4.78 is 5.52. The molecule has 3 rings (SSSR count). The number of aliphatic hydroxyl groups excluding tert-OH is 1. The van der Waals surface area contributed by atoms with Gasteiger partial charge in [0.1, 0.15) is 18.5 Å². The summed E-state index contributed by atoms with van der Waals surface area (Å²) in [7, 11) is 0. The summed E-state index contributed by atoms with van der Waals surface area (Å²) in [6.45, 7) is 2.11. The van der Waals surface area contributed by atoms with Crippen LogP contribution < -0.4 is 15.4 Å². The third-order valence-corrected chi connectivity index (χ3v) is 4.92. The maximum Gasteiger partial charge on any atom is 0.257 e. The predicted molar refractivity (Wildman–Crippen MR) is 116 cm³/mol. The topological polar surface area (TPSA) is 101 Å². The van der Waals surface area contributed by atoms with E-state index < -0.39 is 6.10 Å². The van der Waals surface area contributed by atoms with Crippen LogP contribution in [-0.4, -0.2) is 41.2 Å². The second kappa shape index (κ2) is 10.5. The number of benzene rings is 2. The molecule has 2 amide bonds. The molecule has 1 heterocycles. The van der Waals surface area contributed by atoms with Crippen LogP contribution in [0, 0.1) is 6.92 Å². The summed E-state index contributed by atoms with van der Waals surface area (Å²) in [5, 5.41) is 17.5. The highest BCUT2D eigenvalue weighted by Gasteiger charge is 2.12. The van der Waals surface area contributed by atoms with Gasteiger partial charge in [-0.2, -0.15) is 0 Å². The van der Waals surface area contributed by atoms with Gasteiger partial charge in [-0.15, -0.1) is 11.3 Å². The molecule has 0 spiro atoms. The Bertz CT molecular complexity index is 991. The van der Waals surface area contributed by atoms with Crippen molar-refractivity contribution in [2.75, 3.05) is 18.5 Å². The van der Waals surface area contributed by atoms with Gasteiger partial charge in [0.05, 0.1) is 12.1 Å². The Morgan fingerprint density at radius 1 is 1.17 bits per heavy atom. The number of thiazole rings is 1. The summed E-state index contributed by atoms with van der Waals surface area (Å²) in [5.41, 5.74) is 2.15. The van der Waals surface area contributed by atoms with Crippen LogP contribution in [0.3, 0.4) is 0 Å². The number of nitrogens with one attached hydrogen (secondary N) is 2. The molecule has 3 N–H and O–H groups in total. The molecule has 156 valence electrons. The van der Waals surface area contributed by atoms with Gasteiger partial charge in [0.2, 0.25) is 5.91 Å². The number of ether oxygens (including phenoxy) is 1. The van der Waals surface area contributed by atoms with Crippen LogP contribution in [0.25, 0.3) is 0 Å². The third kappa shape index (κ3) is 6.68. The van der Waals surface area contributed by atoms with Crippen LogP contribution in [0.4, 0.5) is 5.13 Å². The highest BCUT2D eigenvalue weighted by atomic mass is 32.1. The lowest BCUT2D eigenvalue weighted by molar-refractivity contribution is -0.121. The molecule has 3 aromatic rings. The molecule has 0 aliphatic rings. The number of aromatic nitrogens is 1. The predicted octanol–water partition coefficient (Wildman–Crippen LogP) is 2.80. The smallest absolute Gasteiger partial charge is 0.257 e. The summed E-state index contributed by atoms with van der Waals surface area (Å²) in [6, 6.07) is 16.4. The molecule has 30 heavy (non-hydrogen) atoms. The van der Waals surface area contributed by atoms with E-state index in [-0.39, 0.29) is 31.4 Å². The Labute approximate surface area is 178 Å². The Morgan fingerprint density at radius 3 is 2.73 bits per heavy atom. The average molecular weight is 426 g/mol. The lowest BCUT2D eigenvalue weighted by Crippen LogP contribution is -2.36. The minimum Gasteiger partial charge on any atom is -0.491 e. The number of anilines is 1. The van der Waals surface area contributed by atoms with Gasteiger partial charge in [0, 0.05) is 17.5 Å². The maximum absolute atomic E-state index is 12.1. The normalized spacial score (nSPS) is 11.5. The first kappa shape index (κ1) is 21.5. The van der Waals surface area contributed by atoms with Crippen molar-refractivity contribution in [3.63, 3.8) is 0 Å². The number of amides is 2. The number of aliphatic hydroxyl groups is 1. The molecule has 8 heteroatoms. The molecule has 0 radical (unpaired) electrons. The monoisotopic (exact) mass is 425 g/mol. The van der Waals surface area contributed by atoms with E-state index in [0.29, 0.717) is 22.1 Å². The first-order valence-corrected chi connectivity index (χ1v) is 10.3. The molecule has 1 atom stereocenters. The number of carbonyl (C=O) groups is 2. The van der Waals surface area contributed by atoms with Crippen molar-refractivity contribution in [2.45, 2.75) is 19.4 Å². The Balaban J connectivity index is 1.40. The highest BCUT2D eigenvalue weighted by Crippen LogP contribution is 2.17. The van der Waals surface area contributed by atoms with E-state index in [1.165, 1.54) is 11.3 Å². The molecular formula is C22H23N3O4S. The van der Waals surface area contributed by atoms with Crippen LogP contribution in [0.5, 0.6) is 5.75 Å². The molecule has 0 bridgehead atoms. The summed E-state index contributed by atoms with van der Waals surface area (Å²) in [4.78, 5) is 28.5. The molecule has 1 unspecified atom stereocenters. The molecule has 0 saturated heterocycles. The second-order valence-corrected chi connectivity index (χ2v) is 7.58. The quantitative estimate of drug-likeness (QED) is 0.489. The first-order valence-electron chi connectivity index (χ1n) is 9.44. The molecular weight excluding hydrogens is 402 g/mol. The Morgan fingerprint density at radius 2 is 1.97 bits per heavy atom. The van der Waals surface area contributed by atoms with Crippen molar-refractivity contribution in [2.24, 2.45) is 0 Å². The van der Waals surface area contributed by atoms with Gasteiger partial charge in [-0.25, -0.2) is 4.98 Å². The van der Waals surface area contributed by atoms with Crippen LogP contribution in [-0.2, 0) is 11.2 Å². The van der Waals surface area contributed by atoms with Crippen molar-refractivity contribution in [1.29, 1.82) is 0 Å². The van der Waals surface area contributed by atoms with Gasteiger partial charge in [0.15, 0.2) is 5.13 Å². The standard InChI is InChI=1S/C22H23N3O4S/c1-15-6-5-9-19(10-15)29-13-18(26)12-23-20(27)11-17-14-30-22(24-17)25-21(28)16-7-3-2-4-8-16/h2-10,14,18,26H,11-13H2,1H3,(H,23,27)(H,24,25,28). The summed E-state index contributed by atoms with van der Waals surface area (Å²) in [6.07, 6.45) is -0.769. The summed E-state index contributed by atoms with van der Waals surface area (Å²) >= 11 is 1.25. The van der Waals surface area contributed by atoms with Crippen LogP contribution in [0.1, 0.15) is 21.6 Å². The van der Waals surface area contributed by atoms with E-state index in [2.05, 4.69) is 15.6 Å².